The number of benzene rings is 1. The first kappa shape index (κ1) is 12.8. The number of nitriles is 1. The van der Waals surface area contributed by atoms with E-state index in [0.29, 0.717) is 15.8 Å². The van der Waals surface area contributed by atoms with Gasteiger partial charge < -0.3 is 0 Å². The Morgan fingerprint density at radius 2 is 2.13 bits per heavy atom. The number of thiol groups is 1. The second kappa shape index (κ2) is 4.74. The molecule has 1 aromatic carbocycles. The summed E-state index contributed by atoms with van der Waals surface area (Å²) in [5.41, 5.74) is 0.663. The van der Waals surface area contributed by atoms with Crippen molar-refractivity contribution in [1.82, 2.24) is 0 Å². The highest BCUT2D eigenvalue weighted by atomic mass is 79.9. The fourth-order valence-corrected chi connectivity index (χ4v) is 2.99. The molecule has 0 amide bonds. The van der Waals surface area contributed by atoms with Crippen LogP contribution in [0.25, 0.3) is 0 Å². The number of hydrogen-bond acceptors (Lipinski definition) is 4. The lowest BCUT2D eigenvalue weighted by Crippen LogP contribution is -1.97. The highest BCUT2D eigenvalue weighted by molar-refractivity contribution is 9.08. The van der Waals surface area contributed by atoms with Crippen molar-refractivity contribution >= 4 is 48.3 Å². The van der Waals surface area contributed by atoms with E-state index in [0.717, 1.165) is 0 Å². The van der Waals surface area contributed by atoms with Gasteiger partial charge in [-0.2, -0.15) is 5.26 Å². The minimum absolute atomic E-state index is 0.000278. The third-order valence-corrected chi connectivity index (χ3v) is 4.09. The zero-order valence-corrected chi connectivity index (χ0v) is 11.3. The smallest absolute Gasteiger partial charge is 0.207 e. The average Bonchev–Trinajstić information content (AvgIpc) is 2.15. The Morgan fingerprint density at radius 1 is 1.53 bits per heavy atom. The van der Waals surface area contributed by atoms with E-state index in [1.165, 1.54) is 12.1 Å². The molecule has 0 saturated carbocycles. The lowest BCUT2D eigenvalue weighted by atomic mass is 10.2. The van der Waals surface area contributed by atoms with Gasteiger partial charge in [0.25, 0.3) is 9.05 Å². The summed E-state index contributed by atoms with van der Waals surface area (Å²) in [6, 6.07) is 4.50. The molecule has 0 bridgehead atoms. The minimum atomic E-state index is -3.90. The number of nitrogens with zero attached hydrogens (tertiary/aromatic N) is 1. The van der Waals surface area contributed by atoms with E-state index in [9.17, 15) is 8.42 Å². The molecule has 15 heavy (non-hydrogen) atoms. The van der Waals surface area contributed by atoms with Crippen LogP contribution in [0.2, 0.25) is 0 Å². The maximum atomic E-state index is 11.2. The molecule has 0 N–H and O–H groups in total. The number of hydrogen-bond donors (Lipinski definition) is 1. The van der Waals surface area contributed by atoms with Crippen LogP contribution in [0.5, 0.6) is 0 Å². The maximum Gasteiger partial charge on any atom is 0.262 e. The van der Waals surface area contributed by atoms with Crippen LogP contribution in [0.4, 0.5) is 0 Å². The second-order valence-electron chi connectivity index (χ2n) is 2.66. The SMILES string of the molecule is N#Cc1cc(S)c(CBr)cc1S(=O)(=O)Cl. The van der Waals surface area contributed by atoms with Crippen LogP contribution in [-0.4, -0.2) is 8.42 Å². The first-order chi connectivity index (χ1) is 6.90. The van der Waals surface area contributed by atoms with Crippen LogP contribution in [0.1, 0.15) is 11.1 Å². The highest BCUT2D eigenvalue weighted by Crippen LogP contribution is 2.27. The third kappa shape index (κ3) is 2.88. The Labute approximate surface area is 106 Å². The lowest BCUT2D eigenvalue weighted by molar-refractivity contribution is 0.609. The molecule has 0 aromatic heterocycles. The van der Waals surface area contributed by atoms with Crippen LogP contribution in [-0.2, 0) is 14.4 Å². The molecule has 0 aliphatic rings. The summed E-state index contributed by atoms with van der Waals surface area (Å²) in [5.74, 6) is 0. The molecule has 7 heteroatoms. The first-order valence-electron chi connectivity index (χ1n) is 3.66. The molecule has 1 aromatic rings. The summed E-state index contributed by atoms with van der Waals surface area (Å²) in [5, 5.41) is 9.19. The predicted molar refractivity (Wildman–Crippen MR) is 64.1 cm³/mol. The number of alkyl halides is 1. The second-order valence-corrected chi connectivity index (χ2v) is 6.24. The average molecular weight is 327 g/mol. The molecule has 0 aliphatic carbocycles. The van der Waals surface area contributed by atoms with Gasteiger partial charge in [-0.05, 0) is 17.7 Å². The van der Waals surface area contributed by atoms with Gasteiger partial charge in [0.1, 0.15) is 11.0 Å². The normalized spacial score (nSPS) is 11.1. The molecule has 0 spiro atoms. The molecule has 0 heterocycles. The summed E-state index contributed by atoms with van der Waals surface area (Å²) < 4.78 is 22.3. The molecule has 0 saturated heterocycles. The van der Waals surface area contributed by atoms with Crippen LogP contribution in [0.3, 0.4) is 0 Å². The Kier molecular flexibility index (Phi) is 4.06. The Morgan fingerprint density at radius 3 is 2.53 bits per heavy atom. The van der Waals surface area contributed by atoms with Gasteiger partial charge in [0.2, 0.25) is 0 Å². The van der Waals surface area contributed by atoms with Gasteiger partial charge >= 0.3 is 0 Å². The zero-order valence-electron chi connectivity index (χ0n) is 7.24. The molecular formula is C8H5BrClNO2S2. The first-order valence-corrected chi connectivity index (χ1v) is 7.54. The topological polar surface area (TPSA) is 57.9 Å². The largest absolute Gasteiger partial charge is 0.262 e. The standard InChI is InChI=1S/C8H5BrClNO2S2/c9-3-5-2-8(15(10,12)13)6(4-11)1-7(5)14/h1-2,14H,3H2. The van der Waals surface area contributed by atoms with Crippen LogP contribution >= 0.6 is 39.2 Å². The van der Waals surface area contributed by atoms with Crippen LogP contribution < -0.4 is 0 Å². The third-order valence-electron chi connectivity index (χ3n) is 1.71. The van der Waals surface area contributed by atoms with E-state index in [1.54, 1.807) is 6.07 Å². The number of halogens is 2. The molecule has 1 rings (SSSR count). The Balaban J connectivity index is 3.59. The van der Waals surface area contributed by atoms with Gasteiger partial charge in [-0.15, -0.1) is 12.6 Å². The molecule has 0 unspecified atom stereocenters. The predicted octanol–water partition coefficient (Wildman–Crippen LogP) is 2.67. The van der Waals surface area contributed by atoms with E-state index >= 15 is 0 Å². The van der Waals surface area contributed by atoms with Crippen molar-refractivity contribution in [1.29, 1.82) is 5.26 Å². The van der Waals surface area contributed by atoms with Crippen LogP contribution in [0, 0.1) is 11.3 Å². The Hall–Kier alpha value is -0.220. The summed E-state index contributed by atoms with van der Waals surface area (Å²) in [4.78, 5) is 0.367. The summed E-state index contributed by atoms with van der Waals surface area (Å²) in [6.45, 7) is 0. The van der Waals surface area contributed by atoms with Crippen molar-refractivity contribution in [3.63, 3.8) is 0 Å². The molecule has 3 nitrogen and oxygen atoms in total. The van der Waals surface area contributed by atoms with Crippen molar-refractivity contribution < 1.29 is 8.42 Å². The van der Waals surface area contributed by atoms with E-state index in [4.69, 9.17) is 15.9 Å². The quantitative estimate of drug-likeness (QED) is 0.516. The lowest BCUT2D eigenvalue weighted by Gasteiger charge is -2.05. The minimum Gasteiger partial charge on any atom is -0.207 e. The van der Waals surface area contributed by atoms with Gasteiger partial charge in [-0.25, -0.2) is 8.42 Å². The molecule has 0 radical (unpaired) electrons. The van der Waals surface area contributed by atoms with Gasteiger partial charge in [0, 0.05) is 20.9 Å². The van der Waals surface area contributed by atoms with Crippen molar-refractivity contribution in [2.75, 3.05) is 0 Å². The highest BCUT2D eigenvalue weighted by Gasteiger charge is 2.17. The summed E-state index contributed by atoms with van der Waals surface area (Å²) >= 11 is 7.31. The van der Waals surface area contributed by atoms with Gasteiger partial charge in [0.05, 0.1) is 5.56 Å². The fourth-order valence-electron chi connectivity index (χ4n) is 1.01. The summed E-state index contributed by atoms with van der Waals surface area (Å²) in [7, 11) is 1.30. The maximum absolute atomic E-state index is 11.2. The monoisotopic (exact) mass is 325 g/mol. The molecule has 80 valence electrons. The molecular weight excluding hydrogens is 322 g/mol. The van der Waals surface area contributed by atoms with Crippen molar-refractivity contribution in [2.24, 2.45) is 0 Å². The van der Waals surface area contributed by atoms with Gasteiger partial charge in [-0.1, -0.05) is 15.9 Å². The zero-order chi connectivity index (χ0) is 11.6. The van der Waals surface area contributed by atoms with Crippen molar-refractivity contribution in [2.45, 2.75) is 15.1 Å². The van der Waals surface area contributed by atoms with E-state index in [1.807, 2.05) is 0 Å². The van der Waals surface area contributed by atoms with E-state index in [2.05, 4.69) is 28.6 Å². The van der Waals surface area contributed by atoms with Crippen molar-refractivity contribution in [3.8, 4) is 6.07 Å². The number of rotatable bonds is 2. The van der Waals surface area contributed by atoms with E-state index in [-0.39, 0.29) is 10.5 Å². The van der Waals surface area contributed by atoms with Crippen molar-refractivity contribution in [3.05, 3.63) is 23.3 Å². The summed E-state index contributed by atoms with van der Waals surface area (Å²) in [6.07, 6.45) is 0. The van der Waals surface area contributed by atoms with Gasteiger partial charge in [-0.3, -0.25) is 0 Å². The van der Waals surface area contributed by atoms with Crippen LogP contribution in [0.15, 0.2) is 21.9 Å². The molecule has 0 atom stereocenters. The Bertz CT molecular complexity index is 536. The molecule has 0 aliphatic heterocycles. The van der Waals surface area contributed by atoms with Gasteiger partial charge in [0.15, 0.2) is 0 Å². The fraction of sp³-hybridized carbons (Fsp3) is 0.125. The molecule has 0 fully saturated rings. The van der Waals surface area contributed by atoms with E-state index < -0.39 is 9.05 Å².